The maximum absolute atomic E-state index is 4.26. The maximum Gasteiger partial charge on any atom is 0.170 e. The summed E-state index contributed by atoms with van der Waals surface area (Å²) in [5.41, 5.74) is 1.11. The van der Waals surface area contributed by atoms with Gasteiger partial charge in [0.25, 0.3) is 0 Å². The molecule has 0 aliphatic rings. The van der Waals surface area contributed by atoms with Crippen molar-refractivity contribution in [3.63, 3.8) is 0 Å². The number of hydrogen-bond donors (Lipinski definition) is 1. The molecule has 0 fully saturated rings. The summed E-state index contributed by atoms with van der Waals surface area (Å²) in [7, 11) is 0. The Morgan fingerprint density at radius 3 is 2.77 bits per heavy atom. The summed E-state index contributed by atoms with van der Waals surface area (Å²) in [5, 5.41) is 0.654. The second-order valence-corrected chi connectivity index (χ2v) is 3.14. The molecule has 0 radical (unpaired) electrons. The van der Waals surface area contributed by atoms with E-state index in [0.29, 0.717) is 5.16 Å². The quantitative estimate of drug-likeness (QED) is 0.697. The van der Waals surface area contributed by atoms with Gasteiger partial charge in [-0.2, -0.15) is 0 Å². The van der Waals surface area contributed by atoms with Gasteiger partial charge in [-0.3, -0.25) is 4.57 Å². The van der Waals surface area contributed by atoms with Crippen LogP contribution in [0.5, 0.6) is 0 Å². The number of pyridine rings is 1. The lowest BCUT2D eigenvalue weighted by molar-refractivity contribution is 0.859. The fourth-order valence-electron chi connectivity index (χ4n) is 1.19. The highest BCUT2D eigenvalue weighted by Gasteiger charge is 2.03. The van der Waals surface area contributed by atoms with E-state index in [1.807, 2.05) is 29.8 Å². The van der Waals surface area contributed by atoms with E-state index in [1.54, 1.807) is 12.4 Å². The Morgan fingerprint density at radius 2 is 2.15 bits per heavy atom. The molecule has 0 aliphatic carbocycles. The van der Waals surface area contributed by atoms with Gasteiger partial charge in [0.05, 0.1) is 0 Å². The molecule has 0 saturated heterocycles. The third kappa shape index (κ3) is 1.45. The van der Waals surface area contributed by atoms with Crippen molar-refractivity contribution in [3.8, 4) is 5.82 Å². The summed E-state index contributed by atoms with van der Waals surface area (Å²) in [5.74, 6) is 0.880. The Morgan fingerprint density at radius 1 is 1.31 bits per heavy atom. The molecule has 2 heterocycles. The van der Waals surface area contributed by atoms with Crippen LogP contribution in [0.25, 0.3) is 5.82 Å². The number of hydrogen-bond acceptors (Lipinski definition) is 3. The van der Waals surface area contributed by atoms with E-state index in [1.165, 1.54) is 0 Å². The van der Waals surface area contributed by atoms with Gasteiger partial charge in [0.2, 0.25) is 0 Å². The Balaban J connectivity index is 2.59. The molecule has 0 bridgehead atoms. The van der Waals surface area contributed by atoms with Crippen LogP contribution in [0.1, 0.15) is 5.56 Å². The molecule has 0 amide bonds. The highest BCUT2D eigenvalue weighted by molar-refractivity contribution is 7.80. The summed E-state index contributed by atoms with van der Waals surface area (Å²) in [6.45, 7) is 2.01. The highest BCUT2D eigenvalue weighted by Crippen LogP contribution is 2.13. The van der Waals surface area contributed by atoms with Crippen molar-refractivity contribution in [2.75, 3.05) is 0 Å². The molecular formula is C9H9N3S. The van der Waals surface area contributed by atoms with Crippen LogP contribution in [0.3, 0.4) is 0 Å². The van der Waals surface area contributed by atoms with E-state index < -0.39 is 0 Å². The van der Waals surface area contributed by atoms with E-state index in [4.69, 9.17) is 0 Å². The van der Waals surface area contributed by atoms with Gasteiger partial charge >= 0.3 is 0 Å². The van der Waals surface area contributed by atoms with Crippen molar-refractivity contribution >= 4 is 12.6 Å². The number of rotatable bonds is 1. The topological polar surface area (TPSA) is 30.7 Å². The molecule has 13 heavy (non-hydrogen) atoms. The lowest BCUT2D eigenvalue weighted by atomic mass is 10.3. The largest absolute Gasteiger partial charge is 0.279 e. The van der Waals surface area contributed by atoms with Crippen molar-refractivity contribution in [3.05, 3.63) is 36.3 Å². The Labute approximate surface area is 81.9 Å². The summed E-state index contributed by atoms with van der Waals surface area (Å²) in [6, 6.07) is 3.92. The minimum atomic E-state index is 0.654. The number of nitrogens with zero attached hydrogens (tertiary/aromatic N) is 3. The van der Waals surface area contributed by atoms with Crippen LogP contribution in [-0.4, -0.2) is 14.5 Å². The van der Waals surface area contributed by atoms with Crippen LogP contribution in [-0.2, 0) is 0 Å². The smallest absolute Gasteiger partial charge is 0.170 e. The van der Waals surface area contributed by atoms with Gasteiger partial charge in [0.15, 0.2) is 5.16 Å². The zero-order valence-corrected chi connectivity index (χ0v) is 8.07. The first kappa shape index (κ1) is 8.31. The molecule has 66 valence electrons. The zero-order valence-electron chi connectivity index (χ0n) is 7.18. The van der Waals surface area contributed by atoms with Crippen molar-refractivity contribution < 1.29 is 0 Å². The minimum Gasteiger partial charge on any atom is -0.279 e. The number of aryl methyl sites for hydroxylation is 1. The van der Waals surface area contributed by atoms with Crippen LogP contribution < -0.4 is 0 Å². The van der Waals surface area contributed by atoms with E-state index in [9.17, 15) is 0 Å². The molecule has 2 aromatic heterocycles. The molecule has 4 heteroatoms. The highest BCUT2D eigenvalue weighted by atomic mass is 32.1. The normalized spacial score (nSPS) is 10.3. The number of thiol groups is 1. The molecule has 2 aromatic rings. The first-order chi connectivity index (χ1) is 6.29. The molecule has 0 spiro atoms. The first-order valence-corrected chi connectivity index (χ1v) is 4.38. The molecule has 0 atom stereocenters. The second-order valence-electron chi connectivity index (χ2n) is 2.74. The number of imidazole rings is 1. The summed E-state index contributed by atoms with van der Waals surface area (Å²) in [6.07, 6.45) is 5.31. The lowest BCUT2D eigenvalue weighted by Gasteiger charge is -2.05. The van der Waals surface area contributed by atoms with Gasteiger partial charge in [-0.1, -0.05) is 6.07 Å². The van der Waals surface area contributed by atoms with Gasteiger partial charge in [0, 0.05) is 18.6 Å². The summed E-state index contributed by atoms with van der Waals surface area (Å²) in [4.78, 5) is 8.28. The minimum absolute atomic E-state index is 0.654. The van der Waals surface area contributed by atoms with Crippen LogP contribution >= 0.6 is 12.6 Å². The molecule has 3 nitrogen and oxygen atoms in total. The van der Waals surface area contributed by atoms with Gasteiger partial charge in [0.1, 0.15) is 5.82 Å². The SMILES string of the molecule is Cc1cccnc1-n1ccnc1S. The van der Waals surface area contributed by atoms with Gasteiger partial charge in [-0.15, -0.1) is 12.6 Å². The standard InChI is InChI=1S/C9H9N3S/c1-7-3-2-4-10-8(7)12-6-5-11-9(12)13/h2-6H,1H3,(H,11,13). The van der Waals surface area contributed by atoms with E-state index >= 15 is 0 Å². The molecule has 0 aromatic carbocycles. The molecule has 0 saturated carbocycles. The average molecular weight is 191 g/mol. The number of aromatic nitrogens is 3. The van der Waals surface area contributed by atoms with Crippen molar-refractivity contribution in [1.82, 2.24) is 14.5 Å². The van der Waals surface area contributed by atoms with E-state index in [-0.39, 0.29) is 0 Å². The molecule has 2 rings (SSSR count). The predicted molar refractivity (Wildman–Crippen MR) is 53.3 cm³/mol. The molecule has 0 N–H and O–H groups in total. The zero-order chi connectivity index (χ0) is 9.26. The average Bonchev–Trinajstić information content (AvgIpc) is 2.52. The summed E-state index contributed by atoms with van der Waals surface area (Å²) < 4.78 is 1.85. The fraction of sp³-hybridized carbons (Fsp3) is 0.111. The van der Waals surface area contributed by atoms with Gasteiger partial charge in [-0.25, -0.2) is 9.97 Å². The maximum atomic E-state index is 4.26. The Bertz CT molecular complexity index is 422. The first-order valence-electron chi connectivity index (χ1n) is 3.93. The second kappa shape index (κ2) is 3.22. The molecular weight excluding hydrogens is 182 g/mol. The lowest BCUT2D eigenvalue weighted by Crippen LogP contribution is -1.98. The predicted octanol–water partition coefficient (Wildman–Crippen LogP) is 1.86. The van der Waals surface area contributed by atoms with Crippen molar-refractivity contribution in [1.29, 1.82) is 0 Å². The van der Waals surface area contributed by atoms with Gasteiger partial charge < -0.3 is 0 Å². The van der Waals surface area contributed by atoms with Crippen molar-refractivity contribution in [2.24, 2.45) is 0 Å². The molecule has 0 unspecified atom stereocenters. The third-order valence-corrected chi connectivity index (χ3v) is 2.16. The van der Waals surface area contributed by atoms with Crippen molar-refractivity contribution in [2.45, 2.75) is 12.1 Å². The monoisotopic (exact) mass is 191 g/mol. The third-order valence-electron chi connectivity index (χ3n) is 1.83. The summed E-state index contributed by atoms with van der Waals surface area (Å²) >= 11 is 4.22. The van der Waals surface area contributed by atoms with Gasteiger partial charge in [-0.05, 0) is 18.6 Å². The van der Waals surface area contributed by atoms with E-state index in [2.05, 4.69) is 22.6 Å². The Hall–Kier alpha value is -1.29. The van der Waals surface area contributed by atoms with Crippen LogP contribution in [0, 0.1) is 6.92 Å². The van der Waals surface area contributed by atoms with E-state index in [0.717, 1.165) is 11.4 Å². The Kier molecular flexibility index (Phi) is 2.06. The molecule has 0 aliphatic heterocycles. The van der Waals surface area contributed by atoms with Crippen LogP contribution in [0.2, 0.25) is 0 Å². The fourth-order valence-corrected chi connectivity index (χ4v) is 1.42. The van der Waals surface area contributed by atoms with Crippen LogP contribution in [0.4, 0.5) is 0 Å². The van der Waals surface area contributed by atoms with Crippen LogP contribution in [0.15, 0.2) is 35.9 Å².